The van der Waals surface area contributed by atoms with Crippen molar-refractivity contribution in [3.8, 4) is 11.6 Å². The molecule has 0 aliphatic heterocycles. The van der Waals surface area contributed by atoms with Crippen LogP contribution in [0.3, 0.4) is 0 Å². The van der Waals surface area contributed by atoms with Crippen LogP contribution in [-0.2, 0) is 4.79 Å². The van der Waals surface area contributed by atoms with Gasteiger partial charge in [0, 0.05) is 6.04 Å². The first-order valence-corrected chi connectivity index (χ1v) is 10.8. The van der Waals surface area contributed by atoms with E-state index < -0.39 is 5.82 Å². The van der Waals surface area contributed by atoms with Crippen LogP contribution in [0.4, 0.5) is 10.1 Å². The summed E-state index contributed by atoms with van der Waals surface area (Å²) in [5.41, 5.74) is 0.378. The van der Waals surface area contributed by atoms with Gasteiger partial charge in [-0.25, -0.2) is 4.39 Å². The number of furan rings is 1. The Labute approximate surface area is 176 Å². The number of amides is 1. The molecule has 0 atom stereocenters. The molecule has 0 spiro atoms. The molecule has 0 radical (unpaired) electrons. The van der Waals surface area contributed by atoms with Gasteiger partial charge in [-0.2, -0.15) is 0 Å². The first-order chi connectivity index (χ1) is 14.1. The number of anilines is 1. The Morgan fingerprint density at radius 2 is 2.10 bits per heavy atom. The molecule has 1 aliphatic rings. The number of aromatic nitrogens is 3. The molecule has 1 aromatic carbocycles. The van der Waals surface area contributed by atoms with Gasteiger partial charge in [-0.05, 0) is 43.2 Å². The molecule has 2 aromatic heterocycles. The van der Waals surface area contributed by atoms with Crippen molar-refractivity contribution in [2.45, 2.75) is 43.3 Å². The van der Waals surface area contributed by atoms with Crippen molar-refractivity contribution in [1.29, 1.82) is 0 Å². The Morgan fingerprint density at radius 1 is 1.28 bits per heavy atom. The van der Waals surface area contributed by atoms with Gasteiger partial charge in [0.2, 0.25) is 11.7 Å². The highest BCUT2D eigenvalue weighted by molar-refractivity contribution is 7.99. The number of thioether (sulfide) groups is 1. The smallest absolute Gasteiger partial charge is 0.234 e. The Bertz CT molecular complexity index is 987. The van der Waals surface area contributed by atoms with E-state index in [0.29, 0.717) is 22.4 Å². The average molecular weight is 435 g/mol. The molecule has 6 nitrogen and oxygen atoms in total. The van der Waals surface area contributed by atoms with Crippen LogP contribution < -0.4 is 5.32 Å². The molecule has 1 fully saturated rings. The van der Waals surface area contributed by atoms with Crippen molar-refractivity contribution in [3.63, 3.8) is 0 Å². The van der Waals surface area contributed by atoms with E-state index in [2.05, 4.69) is 20.1 Å². The number of rotatable bonds is 6. The topological polar surface area (TPSA) is 73.0 Å². The molecule has 2 heterocycles. The van der Waals surface area contributed by atoms with Gasteiger partial charge in [0.05, 0.1) is 22.7 Å². The summed E-state index contributed by atoms with van der Waals surface area (Å²) in [5, 5.41) is 12.2. The molecule has 0 bridgehead atoms. The summed E-state index contributed by atoms with van der Waals surface area (Å²) in [6.07, 6.45) is 7.27. The van der Waals surface area contributed by atoms with E-state index in [1.54, 1.807) is 6.26 Å². The van der Waals surface area contributed by atoms with Crippen LogP contribution in [0.2, 0.25) is 5.02 Å². The molecule has 4 rings (SSSR count). The molecule has 9 heteroatoms. The maximum atomic E-state index is 13.2. The predicted molar refractivity (Wildman–Crippen MR) is 111 cm³/mol. The minimum absolute atomic E-state index is 0.136. The molecule has 0 saturated heterocycles. The zero-order valence-electron chi connectivity index (χ0n) is 15.6. The van der Waals surface area contributed by atoms with Crippen LogP contribution >= 0.6 is 23.4 Å². The SMILES string of the molecule is O=C(CSc1nnc(-c2ccco2)n1C1CCCCC1)Nc1ccc(F)cc1Cl. The van der Waals surface area contributed by atoms with Gasteiger partial charge in [-0.15, -0.1) is 10.2 Å². The molecule has 152 valence electrons. The van der Waals surface area contributed by atoms with E-state index in [9.17, 15) is 9.18 Å². The normalized spacial score (nSPS) is 14.8. The Kier molecular flexibility index (Phi) is 6.20. The first-order valence-electron chi connectivity index (χ1n) is 9.48. The third-order valence-corrected chi connectivity index (χ3v) is 6.14. The van der Waals surface area contributed by atoms with E-state index in [0.717, 1.165) is 25.7 Å². The van der Waals surface area contributed by atoms with Crippen LogP contribution in [0.15, 0.2) is 46.2 Å². The van der Waals surface area contributed by atoms with Crippen molar-refractivity contribution in [1.82, 2.24) is 14.8 Å². The van der Waals surface area contributed by atoms with Crippen molar-refractivity contribution < 1.29 is 13.6 Å². The van der Waals surface area contributed by atoms with Crippen molar-refractivity contribution >= 4 is 35.0 Å². The average Bonchev–Trinajstić information content (AvgIpc) is 3.38. The van der Waals surface area contributed by atoms with Crippen LogP contribution in [0, 0.1) is 5.82 Å². The second-order valence-electron chi connectivity index (χ2n) is 6.91. The van der Waals surface area contributed by atoms with E-state index in [-0.39, 0.29) is 22.7 Å². The van der Waals surface area contributed by atoms with Crippen LogP contribution in [-0.4, -0.2) is 26.4 Å². The predicted octanol–water partition coefficient (Wildman–Crippen LogP) is 5.57. The van der Waals surface area contributed by atoms with Gasteiger partial charge in [0.15, 0.2) is 10.9 Å². The lowest BCUT2D eigenvalue weighted by Crippen LogP contribution is -2.17. The number of hydrogen-bond donors (Lipinski definition) is 1. The number of benzene rings is 1. The van der Waals surface area contributed by atoms with Gasteiger partial charge in [0.25, 0.3) is 0 Å². The second-order valence-corrected chi connectivity index (χ2v) is 8.26. The van der Waals surface area contributed by atoms with E-state index in [1.165, 1.54) is 36.4 Å². The van der Waals surface area contributed by atoms with Crippen LogP contribution in [0.1, 0.15) is 38.1 Å². The lowest BCUT2D eigenvalue weighted by atomic mass is 9.95. The Hall–Kier alpha value is -2.32. The summed E-state index contributed by atoms with van der Waals surface area (Å²) < 4.78 is 20.8. The number of halogens is 2. The fourth-order valence-electron chi connectivity index (χ4n) is 3.52. The number of carbonyl (C=O) groups is 1. The van der Waals surface area contributed by atoms with Gasteiger partial charge in [-0.1, -0.05) is 42.6 Å². The summed E-state index contributed by atoms with van der Waals surface area (Å²) in [6, 6.07) is 7.84. The molecule has 3 aromatic rings. The summed E-state index contributed by atoms with van der Waals surface area (Å²) in [6.45, 7) is 0. The lowest BCUT2D eigenvalue weighted by Gasteiger charge is -2.25. The van der Waals surface area contributed by atoms with Gasteiger partial charge in [0.1, 0.15) is 5.82 Å². The van der Waals surface area contributed by atoms with Crippen molar-refractivity contribution in [2.24, 2.45) is 0 Å². The van der Waals surface area contributed by atoms with Crippen molar-refractivity contribution in [3.05, 3.63) is 47.4 Å². The number of nitrogens with zero attached hydrogens (tertiary/aromatic N) is 3. The second kappa shape index (κ2) is 9.00. The summed E-state index contributed by atoms with van der Waals surface area (Å²) in [5.74, 6) is 0.787. The van der Waals surface area contributed by atoms with Crippen molar-refractivity contribution in [2.75, 3.05) is 11.1 Å². The van der Waals surface area contributed by atoms with E-state index in [1.807, 2.05) is 12.1 Å². The lowest BCUT2D eigenvalue weighted by molar-refractivity contribution is -0.113. The third-order valence-electron chi connectivity index (χ3n) is 4.88. The van der Waals surface area contributed by atoms with Crippen LogP contribution in [0.5, 0.6) is 0 Å². The Balaban J connectivity index is 1.50. The molecule has 0 unspecified atom stereocenters. The van der Waals surface area contributed by atoms with Gasteiger partial charge < -0.3 is 9.73 Å². The molecular weight excluding hydrogens is 415 g/mol. The highest BCUT2D eigenvalue weighted by Crippen LogP contribution is 2.35. The van der Waals surface area contributed by atoms with Gasteiger partial charge >= 0.3 is 0 Å². The standard InChI is InChI=1S/C20H20ClFN4O2S/c21-15-11-13(22)8-9-16(15)23-18(27)12-29-20-25-24-19(17-7-4-10-28-17)26(20)14-5-2-1-3-6-14/h4,7-11,14H,1-3,5-6,12H2,(H,23,27). The number of hydrogen-bond acceptors (Lipinski definition) is 5. The third kappa shape index (κ3) is 4.64. The van der Waals surface area contributed by atoms with Crippen LogP contribution in [0.25, 0.3) is 11.6 Å². The molecule has 1 N–H and O–H groups in total. The quantitative estimate of drug-likeness (QED) is 0.513. The van der Waals surface area contributed by atoms with Gasteiger partial charge in [-0.3, -0.25) is 9.36 Å². The minimum atomic E-state index is -0.451. The largest absolute Gasteiger partial charge is 0.461 e. The fourth-order valence-corrected chi connectivity index (χ4v) is 4.54. The summed E-state index contributed by atoms with van der Waals surface area (Å²) in [7, 11) is 0. The maximum Gasteiger partial charge on any atom is 0.234 e. The zero-order valence-corrected chi connectivity index (χ0v) is 17.2. The molecule has 1 amide bonds. The summed E-state index contributed by atoms with van der Waals surface area (Å²) >= 11 is 7.29. The molecule has 1 saturated carbocycles. The minimum Gasteiger partial charge on any atom is -0.461 e. The number of carbonyl (C=O) groups excluding carboxylic acids is 1. The first kappa shape index (κ1) is 20.0. The fraction of sp³-hybridized carbons (Fsp3) is 0.350. The highest BCUT2D eigenvalue weighted by Gasteiger charge is 2.25. The monoisotopic (exact) mass is 434 g/mol. The number of nitrogens with one attached hydrogen (secondary N) is 1. The molecule has 29 heavy (non-hydrogen) atoms. The molecular formula is C20H20ClFN4O2S. The van der Waals surface area contributed by atoms with E-state index in [4.69, 9.17) is 16.0 Å². The Morgan fingerprint density at radius 3 is 2.83 bits per heavy atom. The summed E-state index contributed by atoms with van der Waals surface area (Å²) in [4.78, 5) is 12.4. The maximum absolute atomic E-state index is 13.2. The molecule has 1 aliphatic carbocycles. The highest BCUT2D eigenvalue weighted by atomic mass is 35.5. The zero-order chi connectivity index (χ0) is 20.2. The van der Waals surface area contributed by atoms with E-state index >= 15 is 0 Å².